The second-order valence-corrected chi connectivity index (χ2v) is 4.92. The zero-order valence-corrected chi connectivity index (χ0v) is 12.9. The van der Waals surface area contributed by atoms with E-state index in [0.717, 1.165) is 5.56 Å². The summed E-state index contributed by atoms with van der Waals surface area (Å²) >= 11 is 0. The summed E-state index contributed by atoms with van der Waals surface area (Å²) < 4.78 is 10.0. The van der Waals surface area contributed by atoms with E-state index in [1.807, 2.05) is 30.3 Å². The third-order valence-electron chi connectivity index (χ3n) is 3.36. The van der Waals surface area contributed by atoms with Crippen molar-refractivity contribution in [2.24, 2.45) is 0 Å². The fraction of sp³-hybridized carbons (Fsp3) is 0.0556. The number of anilines is 1. The van der Waals surface area contributed by atoms with Crippen LogP contribution in [-0.4, -0.2) is 24.0 Å². The van der Waals surface area contributed by atoms with Gasteiger partial charge in [0.15, 0.2) is 17.8 Å². The Hall–Kier alpha value is -3.41. The van der Waals surface area contributed by atoms with Gasteiger partial charge in [0.1, 0.15) is 0 Å². The van der Waals surface area contributed by atoms with Gasteiger partial charge in [-0.15, -0.1) is 0 Å². The number of amides is 1. The van der Waals surface area contributed by atoms with Crippen molar-refractivity contribution in [3.63, 3.8) is 0 Å². The molecule has 0 spiro atoms. The molecule has 24 heavy (non-hydrogen) atoms. The maximum atomic E-state index is 12.5. The largest absolute Gasteiger partial charge is 0.465 e. The van der Waals surface area contributed by atoms with Gasteiger partial charge < -0.3 is 14.5 Å². The zero-order chi connectivity index (χ0) is 16.9. The fourth-order valence-corrected chi connectivity index (χ4v) is 2.23. The molecule has 1 amide bonds. The number of nitrogens with one attached hydrogen (secondary N) is 1. The second-order valence-electron chi connectivity index (χ2n) is 4.92. The maximum Gasteiger partial charge on any atom is 0.337 e. The first kappa shape index (κ1) is 15.5. The highest BCUT2D eigenvalue weighted by Gasteiger charge is 2.18. The number of aromatic nitrogens is 1. The number of benzene rings is 2. The first-order valence-electron chi connectivity index (χ1n) is 7.17. The number of rotatable bonds is 4. The topological polar surface area (TPSA) is 81.4 Å². The molecular formula is C18H14N2O4. The number of ether oxygens (including phenoxy) is 1. The molecule has 0 atom stereocenters. The van der Waals surface area contributed by atoms with Crippen molar-refractivity contribution in [1.29, 1.82) is 0 Å². The van der Waals surface area contributed by atoms with E-state index in [1.165, 1.54) is 19.6 Å². The monoisotopic (exact) mass is 322 g/mol. The summed E-state index contributed by atoms with van der Waals surface area (Å²) in [6.07, 6.45) is 1.22. The van der Waals surface area contributed by atoms with E-state index in [2.05, 4.69) is 15.0 Å². The molecule has 0 saturated carbocycles. The third-order valence-corrected chi connectivity index (χ3v) is 3.36. The molecule has 0 fully saturated rings. The predicted octanol–water partition coefficient (Wildman–Crippen LogP) is 3.38. The smallest absolute Gasteiger partial charge is 0.337 e. The molecule has 0 aliphatic rings. The summed E-state index contributed by atoms with van der Waals surface area (Å²) in [5.41, 5.74) is 1.73. The molecule has 6 heteroatoms. The van der Waals surface area contributed by atoms with Gasteiger partial charge in [0.05, 0.1) is 12.7 Å². The Morgan fingerprint density at radius 2 is 1.88 bits per heavy atom. The Morgan fingerprint density at radius 1 is 1.08 bits per heavy atom. The highest BCUT2D eigenvalue weighted by atomic mass is 16.5. The fourth-order valence-electron chi connectivity index (χ4n) is 2.23. The van der Waals surface area contributed by atoms with Crippen LogP contribution in [0, 0.1) is 0 Å². The summed E-state index contributed by atoms with van der Waals surface area (Å²) in [5, 5.41) is 2.70. The molecule has 0 radical (unpaired) electrons. The second kappa shape index (κ2) is 6.78. The Labute approximate surface area is 138 Å². The van der Waals surface area contributed by atoms with Crippen LogP contribution in [0.2, 0.25) is 0 Å². The SMILES string of the molecule is COC(=O)c1cccc(NC(=O)c2ncoc2-c2ccccc2)c1. The van der Waals surface area contributed by atoms with Crippen LogP contribution in [0.1, 0.15) is 20.8 Å². The maximum absolute atomic E-state index is 12.5. The van der Waals surface area contributed by atoms with E-state index in [-0.39, 0.29) is 5.69 Å². The summed E-state index contributed by atoms with van der Waals surface area (Å²) in [4.78, 5) is 28.0. The zero-order valence-electron chi connectivity index (χ0n) is 12.9. The van der Waals surface area contributed by atoms with Crippen LogP contribution in [0.3, 0.4) is 0 Å². The molecule has 2 aromatic carbocycles. The van der Waals surface area contributed by atoms with Crippen molar-refractivity contribution in [2.45, 2.75) is 0 Å². The van der Waals surface area contributed by atoms with E-state index >= 15 is 0 Å². The molecule has 3 rings (SSSR count). The van der Waals surface area contributed by atoms with Crippen LogP contribution in [0.25, 0.3) is 11.3 Å². The van der Waals surface area contributed by atoms with Crippen molar-refractivity contribution in [1.82, 2.24) is 4.98 Å². The number of oxazole rings is 1. The quantitative estimate of drug-likeness (QED) is 0.745. The van der Waals surface area contributed by atoms with E-state index in [4.69, 9.17) is 4.42 Å². The summed E-state index contributed by atoms with van der Waals surface area (Å²) in [6.45, 7) is 0. The molecule has 0 saturated heterocycles. The van der Waals surface area contributed by atoms with E-state index in [1.54, 1.807) is 18.2 Å². The average Bonchev–Trinajstić information content (AvgIpc) is 3.12. The number of methoxy groups -OCH3 is 1. The Bertz CT molecular complexity index is 871. The van der Waals surface area contributed by atoms with Gasteiger partial charge in [0.25, 0.3) is 5.91 Å². The van der Waals surface area contributed by atoms with Crippen LogP contribution in [0.4, 0.5) is 5.69 Å². The van der Waals surface area contributed by atoms with E-state index in [0.29, 0.717) is 17.0 Å². The Kier molecular flexibility index (Phi) is 4.38. The van der Waals surface area contributed by atoms with E-state index in [9.17, 15) is 9.59 Å². The van der Waals surface area contributed by atoms with Gasteiger partial charge in [-0.1, -0.05) is 36.4 Å². The Balaban J connectivity index is 1.84. The minimum atomic E-state index is -0.475. The molecule has 120 valence electrons. The molecule has 0 aliphatic heterocycles. The van der Waals surface area contributed by atoms with Gasteiger partial charge in [0.2, 0.25) is 0 Å². The van der Waals surface area contributed by atoms with Crippen LogP contribution in [0.5, 0.6) is 0 Å². The molecule has 3 aromatic rings. The first-order valence-corrected chi connectivity index (χ1v) is 7.17. The van der Waals surface area contributed by atoms with E-state index < -0.39 is 11.9 Å². The number of hydrogen-bond acceptors (Lipinski definition) is 5. The lowest BCUT2D eigenvalue weighted by molar-refractivity contribution is 0.0600. The normalized spacial score (nSPS) is 10.2. The molecule has 0 unspecified atom stereocenters. The van der Waals surface area contributed by atoms with Crippen LogP contribution >= 0.6 is 0 Å². The lowest BCUT2D eigenvalue weighted by atomic mass is 10.1. The molecule has 1 aromatic heterocycles. The molecule has 6 nitrogen and oxygen atoms in total. The highest BCUT2D eigenvalue weighted by Crippen LogP contribution is 2.23. The lowest BCUT2D eigenvalue weighted by Gasteiger charge is -2.06. The molecule has 1 N–H and O–H groups in total. The Morgan fingerprint density at radius 3 is 2.62 bits per heavy atom. The van der Waals surface area contributed by atoms with Crippen molar-refractivity contribution < 1.29 is 18.7 Å². The summed E-state index contributed by atoms with van der Waals surface area (Å²) in [7, 11) is 1.30. The predicted molar refractivity (Wildman–Crippen MR) is 87.7 cm³/mol. The highest BCUT2D eigenvalue weighted by molar-refractivity contribution is 6.06. The molecule has 0 bridgehead atoms. The van der Waals surface area contributed by atoms with Crippen LogP contribution in [0.15, 0.2) is 65.4 Å². The minimum Gasteiger partial charge on any atom is -0.465 e. The van der Waals surface area contributed by atoms with Gasteiger partial charge in [-0.2, -0.15) is 0 Å². The number of carbonyl (C=O) groups excluding carboxylic acids is 2. The van der Waals surface area contributed by atoms with Crippen molar-refractivity contribution in [3.8, 4) is 11.3 Å². The van der Waals surface area contributed by atoms with Crippen LogP contribution < -0.4 is 5.32 Å². The first-order chi connectivity index (χ1) is 11.7. The third kappa shape index (κ3) is 3.17. The number of nitrogens with zero attached hydrogens (tertiary/aromatic N) is 1. The standard InChI is InChI=1S/C18H14N2O4/c1-23-18(22)13-8-5-9-14(10-13)20-17(21)15-16(24-11-19-15)12-6-3-2-4-7-12/h2-11H,1H3,(H,20,21). The number of carbonyl (C=O) groups is 2. The molecular weight excluding hydrogens is 308 g/mol. The minimum absolute atomic E-state index is 0.171. The van der Waals surface area contributed by atoms with Gasteiger partial charge >= 0.3 is 5.97 Å². The molecule has 0 aliphatic carbocycles. The van der Waals surface area contributed by atoms with Gasteiger partial charge in [0, 0.05) is 11.3 Å². The summed E-state index contributed by atoms with van der Waals surface area (Å²) in [5.74, 6) is -0.514. The van der Waals surface area contributed by atoms with Crippen molar-refractivity contribution in [3.05, 3.63) is 72.2 Å². The average molecular weight is 322 g/mol. The number of hydrogen-bond donors (Lipinski definition) is 1. The molecule has 1 heterocycles. The van der Waals surface area contributed by atoms with Gasteiger partial charge in [-0.3, -0.25) is 4.79 Å². The van der Waals surface area contributed by atoms with Crippen LogP contribution in [-0.2, 0) is 4.74 Å². The summed E-state index contributed by atoms with van der Waals surface area (Å²) in [6, 6.07) is 15.7. The van der Waals surface area contributed by atoms with Crippen molar-refractivity contribution in [2.75, 3.05) is 12.4 Å². The van der Waals surface area contributed by atoms with Crippen molar-refractivity contribution >= 4 is 17.6 Å². The number of esters is 1. The van der Waals surface area contributed by atoms with Gasteiger partial charge in [-0.05, 0) is 18.2 Å². The van der Waals surface area contributed by atoms with Gasteiger partial charge in [-0.25, -0.2) is 9.78 Å². The lowest BCUT2D eigenvalue weighted by Crippen LogP contribution is -2.14.